The Balaban J connectivity index is 2.21. The lowest BCUT2D eigenvalue weighted by molar-refractivity contribution is 0.151. The number of nitrogen functional groups attached to an aromatic ring is 1. The van der Waals surface area contributed by atoms with Crippen molar-refractivity contribution in [3.05, 3.63) is 24.3 Å². The van der Waals surface area contributed by atoms with E-state index in [1.54, 1.807) is 11.8 Å². The van der Waals surface area contributed by atoms with Gasteiger partial charge in [0.25, 0.3) is 0 Å². The predicted molar refractivity (Wildman–Crippen MR) is 62.7 cm³/mol. The van der Waals surface area contributed by atoms with E-state index in [4.69, 9.17) is 10.5 Å². The molecule has 0 heterocycles. The van der Waals surface area contributed by atoms with Crippen LogP contribution in [-0.4, -0.2) is 19.0 Å². The number of para-hydroxylation sites is 1. The van der Waals surface area contributed by atoms with Crippen molar-refractivity contribution in [1.29, 1.82) is 0 Å². The lowest BCUT2D eigenvalue weighted by Gasteiger charge is -2.05. The Morgan fingerprint density at radius 3 is 2.79 bits per heavy atom. The van der Waals surface area contributed by atoms with Gasteiger partial charge in [-0.2, -0.15) is 0 Å². The van der Waals surface area contributed by atoms with E-state index in [0.29, 0.717) is 0 Å². The first-order chi connectivity index (χ1) is 6.84. The van der Waals surface area contributed by atoms with Crippen LogP contribution in [0, 0.1) is 0 Å². The second-order valence-electron chi connectivity index (χ2n) is 3.00. The summed E-state index contributed by atoms with van der Waals surface area (Å²) in [5.74, 6) is 0.966. The third-order valence-electron chi connectivity index (χ3n) is 1.75. The smallest absolute Gasteiger partial charge is 0.0560 e. The number of benzene rings is 1. The van der Waals surface area contributed by atoms with E-state index in [1.807, 2.05) is 24.3 Å². The van der Waals surface area contributed by atoms with Gasteiger partial charge in [-0.05, 0) is 18.6 Å². The van der Waals surface area contributed by atoms with E-state index < -0.39 is 0 Å². The summed E-state index contributed by atoms with van der Waals surface area (Å²) < 4.78 is 5.38. The van der Waals surface area contributed by atoms with Crippen LogP contribution in [0.5, 0.6) is 0 Å². The highest BCUT2D eigenvalue weighted by molar-refractivity contribution is 7.99. The minimum atomic E-state index is 0.798. The van der Waals surface area contributed by atoms with Gasteiger partial charge in [0.1, 0.15) is 0 Å². The van der Waals surface area contributed by atoms with Crippen LogP contribution in [-0.2, 0) is 4.74 Å². The Hall–Kier alpha value is -0.670. The van der Waals surface area contributed by atoms with Crippen LogP contribution >= 0.6 is 11.8 Å². The first kappa shape index (κ1) is 11.4. The molecular formula is C11H17NOS. The van der Waals surface area contributed by atoms with Crippen molar-refractivity contribution in [2.24, 2.45) is 0 Å². The fraction of sp³-hybridized carbons (Fsp3) is 0.455. The molecule has 1 aromatic rings. The molecule has 0 radical (unpaired) electrons. The van der Waals surface area contributed by atoms with E-state index in [2.05, 4.69) is 6.92 Å². The Morgan fingerprint density at radius 1 is 1.29 bits per heavy atom. The number of hydrogen-bond acceptors (Lipinski definition) is 3. The maximum atomic E-state index is 5.80. The molecule has 1 aromatic carbocycles. The highest BCUT2D eigenvalue weighted by Gasteiger charge is 1.97. The molecule has 78 valence electrons. The Kier molecular flexibility index (Phi) is 5.49. The molecule has 0 aliphatic rings. The summed E-state index contributed by atoms with van der Waals surface area (Å²) in [5.41, 5.74) is 6.65. The number of hydrogen-bond donors (Lipinski definition) is 1. The van der Waals surface area contributed by atoms with Crippen molar-refractivity contribution in [3.8, 4) is 0 Å². The molecule has 2 nitrogen and oxygen atoms in total. The quantitative estimate of drug-likeness (QED) is 0.446. The molecule has 0 bridgehead atoms. The second kappa shape index (κ2) is 6.74. The molecule has 1 rings (SSSR count). The van der Waals surface area contributed by atoms with Gasteiger partial charge in [-0.15, -0.1) is 11.8 Å². The van der Waals surface area contributed by atoms with Crippen molar-refractivity contribution in [1.82, 2.24) is 0 Å². The standard InChI is InChI=1S/C11H17NOS/c1-2-7-13-8-9-14-11-6-4-3-5-10(11)12/h3-6H,2,7-9,12H2,1H3. The van der Waals surface area contributed by atoms with Crippen LogP contribution in [0.25, 0.3) is 0 Å². The van der Waals surface area contributed by atoms with Gasteiger partial charge >= 0.3 is 0 Å². The predicted octanol–water partition coefficient (Wildman–Crippen LogP) is 2.79. The average Bonchev–Trinajstić information content (AvgIpc) is 2.20. The monoisotopic (exact) mass is 211 g/mol. The molecular weight excluding hydrogens is 194 g/mol. The molecule has 0 spiro atoms. The van der Waals surface area contributed by atoms with Crippen molar-refractivity contribution in [2.75, 3.05) is 24.7 Å². The van der Waals surface area contributed by atoms with E-state index >= 15 is 0 Å². The minimum absolute atomic E-state index is 0.798. The van der Waals surface area contributed by atoms with Gasteiger partial charge in [-0.1, -0.05) is 19.1 Å². The molecule has 14 heavy (non-hydrogen) atoms. The molecule has 0 amide bonds. The topological polar surface area (TPSA) is 35.2 Å². The fourth-order valence-electron chi connectivity index (χ4n) is 1.07. The fourth-order valence-corrected chi connectivity index (χ4v) is 1.90. The van der Waals surface area contributed by atoms with E-state index in [9.17, 15) is 0 Å². The summed E-state index contributed by atoms with van der Waals surface area (Å²) in [6, 6.07) is 7.92. The molecule has 3 heteroatoms. The van der Waals surface area contributed by atoms with E-state index in [-0.39, 0.29) is 0 Å². The number of ether oxygens (including phenoxy) is 1. The van der Waals surface area contributed by atoms with Gasteiger partial charge in [0, 0.05) is 22.9 Å². The van der Waals surface area contributed by atoms with Gasteiger partial charge in [-0.25, -0.2) is 0 Å². The summed E-state index contributed by atoms with van der Waals surface area (Å²) in [7, 11) is 0. The number of rotatable bonds is 6. The number of anilines is 1. The average molecular weight is 211 g/mol. The number of thioether (sulfide) groups is 1. The Bertz CT molecular complexity index is 265. The first-order valence-electron chi connectivity index (χ1n) is 4.89. The van der Waals surface area contributed by atoms with Crippen molar-refractivity contribution in [3.63, 3.8) is 0 Å². The van der Waals surface area contributed by atoms with Crippen molar-refractivity contribution >= 4 is 17.4 Å². The summed E-state index contributed by atoms with van der Waals surface area (Å²) in [6.45, 7) is 3.76. The normalized spacial score (nSPS) is 10.4. The zero-order valence-corrected chi connectivity index (χ0v) is 9.35. The zero-order chi connectivity index (χ0) is 10.2. The van der Waals surface area contributed by atoms with Crippen LogP contribution in [0.2, 0.25) is 0 Å². The van der Waals surface area contributed by atoms with Gasteiger partial charge in [0.2, 0.25) is 0 Å². The maximum absolute atomic E-state index is 5.80. The summed E-state index contributed by atoms with van der Waals surface area (Å²) >= 11 is 1.75. The number of nitrogens with two attached hydrogens (primary N) is 1. The maximum Gasteiger partial charge on any atom is 0.0560 e. The Morgan fingerprint density at radius 2 is 2.07 bits per heavy atom. The highest BCUT2D eigenvalue weighted by atomic mass is 32.2. The molecule has 2 N–H and O–H groups in total. The molecule has 0 aliphatic carbocycles. The van der Waals surface area contributed by atoms with Gasteiger partial charge < -0.3 is 10.5 Å². The first-order valence-corrected chi connectivity index (χ1v) is 5.88. The summed E-state index contributed by atoms with van der Waals surface area (Å²) in [5, 5.41) is 0. The molecule has 0 fully saturated rings. The third-order valence-corrected chi connectivity index (χ3v) is 2.81. The van der Waals surface area contributed by atoms with Gasteiger partial charge in [0.05, 0.1) is 6.61 Å². The van der Waals surface area contributed by atoms with E-state index in [1.165, 1.54) is 0 Å². The lowest BCUT2D eigenvalue weighted by Crippen LogP contribution is -1.98. The van der Waals surface area contributed by atoms with Gasteiger partial charge in [0.15, 0.2) is 0 Å². The second-order valence-corrected chi connectivity index (χ2v) is 4.14. The zero-order valence-electron chi connectivity index (χ0n) is 8.53. The lowest BCUT2D eigenvalue weighted by atomic mass is 10.3. The molecule has 0 aromatic heterocycles. The van der Waals surface area contributed by atoms with Gasteiger partial charge in [-0.3, -0.25) is 0 Å². The molecule has 0 unspecified atom stereocenters. The van der Waals surface area contributed by atoms with Crippen LogP contribution in [0.4, 0.5) is 5.69 Å². The summed E-state index contributed by atoms with van der Waals surface area (Å²) in [6.07, 6.45) is 1.08. The van der Waals surface area contributed by atoms with Crippen molar-refractivity contribution in [2.45, 2.75) is 18.2 Å². The van der Waals surface area contributed by atoms with Crippen LogP contribution in [0.1, 0.15) is 13.3 Å². The van der Waals surface area contributed by atoms with Crippen molar-refractivity contribution < 1.29 is 4.74 Å². The van der Waals surface area contributed by atoms with Crippen LogP contribution in [0.15, 0.2) is 29.2 Å². The third kappa shape index (κ3) is 4.03. The largest absolute Gasteiger partial charge is 0.398 e. The Labute approximate surface area is 89.8 Å². The summed E-state index contributed by atoms with van der Waals surface area (Å²) in [4.78, 5) is 1.15. The molecule has 0 aliphatic heterocycles. The van der Waals surface area contributed by atoms with Crippen LogP contribution in [0.3, 0.4) is 0 Å². The molecule has 0 saturated carbocycles. The highest BCUT2D eigenvalue weighted by Crippen LogP contribution is 2.23. The minimum Gasteiger partial charge on any atom is -0.398 e. The SMILES string of the molecule is CCCOCCSc1ccccc1N. The van der Waals surface area contributed by atoms with E-state index in [0.717, 1.165) is 36.0 Å². The molecule has 0 saturated heterocycles. The molecule has 0 atom stereocenters. The van der Waals surface area contributed by atoms with Crippen LogP contribution < -0.4 is 5.73 Å².